The Balaban J connectivity index is 0.000000219. The highest BCUT2D eigenvalue weighted by Crippen LogP contribution is 2.19. The van der Waals surface area contributed by atoms with E-state index in [1.54, 1.807) is 24.4 Å². The monoisotopic (exact) mass is 387 g/mol. The quantitative estimate of drug-likeness (QED) is 0.503. The van der Waals surface area contributed by atoms with Crippen LogP contribution in [-0.4, -0.2) is 33.2 Å². The third-order valence-electron chi connectivity index (χ3n) is 3.22. The smallest absolute Gasteiger partial charge is 0.213 e. The number of ether oxygens (including phenoxy) is 1. The number of hydrogen-bond acceptors (Lipinski definition) is 5. The molecule has 0 aliphatic carbocycles. The molecule has 0 spiro atoms. The van der Waals surface area contributed by atoms with E-state index in [-0.39, 0.29) is 11.1 Å². The minimum atomic E-state index is -0.0202. The minimum Gasteiger partial charge on any atom is -0.481 e. The molecule has 124 valence electrons. The number of aryl methyl sites for hydroxylation is 2. The lowest BCUT2D eigenvalue weighted by atomic mass is 10.1. The van der Waals surface area contributed by atoms with E-state index in [9.17, 15) is 4.79 Å². The molecule has 0 aliphatic rings. The first-order valence-electron chi connectivity index (χ1n) is 7.34. The maximum Gasteiger partial charge on any atom is 0.213 e. The topological polar surface area (TPSA) is 65.0 Å². The zero-order chi connectivity index (χ0) is 17.5. The predicted octanol–water partition coefficient (Wildman–Crippen LogP) is 3.91. The number of carbonyl (C=O) groups excluding carboxylic acids is 1. The van der Waals surface area contributed by atoms with E-state index in [1.165, 1.54) is 7.11 Å². The lowest BCUT2D eigenvalue weighted by molar-refractivity contribution is 0.102. The first kappa shape index (κ1) is 18.0. The van der Waals surface area contributed by atoms with Crippen LogP contribution in [0.25, 0.3) is 11.0 Å². The summed E-state index contributed by atoms with van der Waals surface area (Å²) in [7, 11) is 1.54. The van der Waals surface area contributed by atoms with Gasteiger partial charge in [-0.05, 0) is 38.1 Å². The van der Waals surface area contributed by atoms with Gasteiger partial charge in [0, 0.05) is 29.2 Å². The van der Waals surface area contributed by atoms with Gasteiger partial charge in [-0.25, -0.2) is 4.98 Å². The molecule has 6 heteroatoms. The van der Waals surface area contributed by atoms with Crippen molar-refractivity contribution in [1.29, 1.82) is 0 Å². The molecule has 0 bridgehead atoms. The van der Waals surface area contributed by atoms with Crippen LogP contribution in [0.4, 0.5) is 0 Å². The number of alkyl halides is 1. The number of hydrogen-bond donors (Lipinski definition) is 0. The molecular weight excluding hydrogens is 370 g/mol. The van der Waals surface area contributed by atoms with E-state index in [1.807, 2.05) is 32.0 Å². The van der Waals surface area contributed by atoms with Crippen molar-refractivity contribution in [2.24, 2.45) is 0 Å². The summed E-state index contributed by atoms with van der Waals surface area (Å²) < 4.78 is 5.03. The van der Waals surface area contributed by atoms with E-state index in [0.29, 0.717) is 22.5 Å². The molecule has 0 aromatic carbocycles. The highest BCUT2D eigenvalue weighted by atomic mass is 79.9. The van der Waals surface area contributed by atoms with E-state index in [0.717, 1.165) is 11.4 Å². The van der Waals surface area contributed by atoms with Gasteiger partial charge < -0.3 is 4.74 Å². The van der Waals surface area contributed by atoms with Crippen molar-refractivity contribution in [3.8, 4) is 5.88 Å². The lowest BCUT2D eigenvalue weighted by Crippen LogP contribution is -2.03. The Kier molecular flexibility index (Phi) is 6.37. The molecule has 0 N–H and O–H groups in total. The molecule has 0 unspecified atom stereocenters. The number of carbonyl (C=O) groups is 1. The number of ketones is 1. The van der Waals surface area contributed by atoms with Gasteiger partial charge in [0.1, 0.15) is 5.52 Å². The van der Waals surface area contributed by atoms with Crippen LogP contribution in [-0.2, 0) is 0 Å². The maximum absolute atomic E-state index is 11.7. The van der Waals surface area contributed by atoms with Crippen molar-refractivity contribution in [1.82, 2.24) is 15.0 Å². The Labute approximate surface area is 149 Å². The van der Waals surface area contributed by atoms with E-state index in [4.69, 9.17) is 4.74 Å². The molecule has 3 aromatic heterocycles. The molecule has 0 radical (unpaired) electrons. The zero-order valence-electron chi connectivity index (χ0n) is 13.8. The maximum atomic E-state index is 11.7. The van der Waals surface area contributed by atoms with Crippen molar-refractivity contribution >= 4 is 32.7 Å². The van der Waals surface area contributed by atoms with Gasteiger partial charge in [0.2, 0.25) is 5.88 Å². The summed E-state index contributed by atoms with van der Waals surface area (Å²) in [6.45, 7) is 3.99. The average Bonchev–Trinajstić information content (AvgIpc) is 2.60. The molecular formula is C18H18BrN3O2. The second-order valence-corrected chi connectivity index (χ2v) is 5.62. The van der Waals surface area contributed by atoms with Crippen molar-refractivity contribution in [2.75, 3.05) is 12.4 Å². The molecule has 3 heterocycles. The largest absolute Gasteiger partial charge is 0.481 e. The number of pyridine rings is 3. The number of aromatic nitrogens is 3. The molecule has 0 atom stereocenters. The second-order valence-electron chi connectivity index (χ2n) is 5.06. The third kappa shape index (κ3) is 4.58. The standard InChI is InChI=1S/C11H9BrN2O2.C7H9N/c1-16-10-3-2-8-11(14-10)7(4-5-13-8)9(15)6-12;1-6-4-3-5-7(2)8-6/h2-5H,6H2,1H3;3-5H,1-2H3. The highest BCUT2D eigenvalue weighted by molar-refractivity contribution is 9.09. The zero-order valence-corrected chi connectivity index (χ0v) is 15.4. The van der Waals surface area contributed by atoms with Crippen molar-refractivity contribution in [3.05, 3.63) is 59.5 Å². The first-order chi connectivity index (χ1) is 11.5. The Morgan fingerprint density at radius 3 is 2.33 bits per heavy atom. The molecule has 0 amide bonds. The van der Waals surface area contributed by atoms with Crippen LogP contribution in [0.15, 0.2) is 42.6 Å². The predicted molar refractivity (Wildman–Crippen MR) is 97.9 cm³/mol. The van der Waals surface area contributed by atoms with Crippen LogP contribution in [0, 0.1) is 13.8 Å². The number of Topliss-reactive ketones (excluding diaryl/α,β-unsaturated/α-hetero) is 1. The van der Waals surface area contributed by atoms with Gasteiger partial charge in [-0.3, -0.25) is 14.8 Å². The highest BCUT2D eigenvalue weighted by Gasteiger charge is 2.11. The first-order valence-corrected chi connectivity index (χ1v) is 8.46. The molecule has 0 fully saturated rings. The summed E-state index contributed by atoms with van der Waals surface area (Å²) in [5.74, 6) is 0.456. The normalized spacial score (nSPS) is 10.0. The Morgan fingerprint density at radius 2 is 1.79 bits per heavy atom. The van der Waals surface area contributed by atoms with Crippen molar-refractivity contribution in [3.63, 3.8) is 0 Å². The molecule has 5 nitrogen and oxygen atoms in total. The van der Waals surface area contributed by atoms with Gasteiger partial charge in [-0.15, -0.1) is 0 Å². The molecule has 3 rings (SSSR count). The van der Waals surface area contributed by atoms with Crippen molar-refractivity contribution < 1.29 is 9.53 Å². The fraction of sp³-hybridized carbons (Fsp3) is 0.222. The van der Waals surface area contributed by atoms with E-state index >= 15 is 0 Å². The molecule has 0 aliphatic heterocycles. The summed E-state index contributed by atoms with van der Waals surface area (Å²) in [4.78, 5) is 24.2. The van der Waals surface area contributed by atoms with Crippen LogP contribution in [0.3, 0.4) is 0 Å². The van der Waals surface area contributed by atoms with Crippen molar-refractivity contribution in [2.45, 2.75) is 13.8 Å². The van der Waals surface area contributed by atoms with Crippen LogP contribution in [0.2, 0.25) is 0 Å². The average molecular weight is 388 g/mol. The van der Waals surface area contributed by atoms with Gasteiger partial charge >= 0.3 is 0 Å². The summed E-state index contributed by atoms with van der Waals surface area (Å²) >= 11 is 3.14. The SMILES string of the molecule is COc1ccc2nccc(C(=O)CBr)c2n1.Cc1cccc(C)n1. The number of halogens is 1. The molecule has 0 saturated heterocycles. The second kappa shape index (κ2) is 8.49. The number of nitrogens with zero attached hydrogens (tertiary/aromatic N) is 3. The van der Waals surface area contributed by atoms with Crippen LogP contribution in [0.1, 0.15) is 21.7 Å². The number of methoxy groups -OCH3 is 1. The van der Waals surface area contributed by atoms with E-state index in [2.05, 4.69) is 30.9 Å². The summed E-state index contributed by atoms with van der Waals surface area (Å²) in [6, 6.07) is 11.2. The minimum absolute atomic E-state index is 0.0202. The molecule has 3 aromatic rings. The summed E-state index contributed by atoms with van der Waals surface area (Å²) in [6.07, 6.45) is 1.60. The number of fused-ring (bicyclic) bond motifs is 1. The molecule has 24 heavy (non-hydrogen) atoms. The van der Waals surface area contributed by atoms with Gasteiger partial charge in [-0.2, -0.15) is 0 Å². The summed E-state index contributed by atoms with van der Waals surface area (Å²) in [5.41, 5.74) is 4.00. The third-order valence-corrected chi connectivity index (χ3v) is 3.73. The fourth-order valence-electron chi connectivity index (χ4n) is 2.10. The van der Waals surface area contributed by atoms with Crippen LogP contribution >= 0.6 is 15.9 Å². The lowest BCUT2D eigenvalue weighted by Gasteiger charge is -2.04. The Bertz CT molecular complexity index is 835. The van der Waals surface area contributed by atoms with Gasteiger partial charge in [0.25, 0.3) is 0 Å². The Hall–Kier alpha value is -2.34. The molecule has 0 saturated carbocycles. The van der Waals surface area contributed by atoms with Crippen LogP contribution in [0.5, 0.6) is 5.88 Å². The van der Waals surface area contributed by atoms with Crippen LogP contribution < -0.4 is 4.74 Å². The van der Waals surface area contributed by atoms with E-state index < -0.39 is 0 Å². The van der Waals surface area contributed by atoms with Gasteiger partial charge in [-0.1, -0.05) is 22.0 Å². The number of rotatable bonds is 3. The Morgan fingerprint density at radius 1 is 1.08 bits per heavy atom. The fourth-order valence-corrected chi connectivity index (χ4v) is 2.40. The van der Waals surface area contributed by atoms with Gasteiger partial charge in [0.05, 0.1) is 18.0 Å². The summed E-state index contributed by atoms with van der Waals surface area (Å²) in [5, 5.41) is 0.269. The van der Waals surface area contributed by atoms with Gasteiger partial charge in [0.15, 0.2) is 5.78 Å².